The Labute approximate surface area is 178 Å². The predicted molar refractivity (Wildman–Crippen MR) is 115 cm³/mol. The summed E-state index contributed by atoms with van der Waals surface area (Å²) in [5, 5.41) is 2.18. The number of hydrogen-bond donors (Lipinski definition) is 0. The Bertz CT molecular complexity index is 1190. The first-order valence-electron chi connectivity index (χ1n) is 8.99. The van der Waals surface area contributed by atoms with Gasteiger partial charge in [0.05, 0.1) is 17.7 Å². The van der Waals surface area contributed by atoms with Crippen molar-refractivity contribution in [3.05, 3.63) is 69.4 Å². The number of thiophene rings is 1. The lowest BCUT2D eigenvalue weighted by atomic mass is 10.0. The third-order valence-corrected chi connectivity index (χ3v) is 7.94. The summed E-state index contributed by atoms with van der Waals surface area (Å²) in [6.07, 6.45) is 1.63. The summed E-state index contributed by atoms with van der Waals surface area (Å²) in [7, 11) is -2.43. The molecule has 0 radical (unpaired) electrons. The molecule has 0 spiro atoms. The molecule has 3 aromatic rings. The average molecular weight is 448 g/mol. The minimum Gasteiger partial charge on any atom is -0.465 e. The number of fused-ring (bicyclic) bond motifs is 1. The van der Waals surface area contributed by atoms with Gasteiger partial charge < -0.3 is 4.74 Å². The van der Waals surface area contributed by atoms with Crippen molar-refractivity contribution in [2.75, 3.05) is 18.0 Å². The smallest absolute Gasteiger partial charge is 0.348 e. The van der Waals surface area contributed by atoms with Crippen LogP contribution in [0.25, 0.3) is 11.1 Å². The van der Waals surface area contributed by atoms with Crippen LogP contribution in [0.4, 0.5) is 5.69 Å². The number of hydrogen-bond acceptors (Lipinski definition) is 5. The van der Waals surface area contributed by atoms with E-state index in [1.165, 1.54) is 28.8 Å². The van der Waals surface area contributed by atoms with E-state index in [9.17, 15) is 13.2 Å². The van der Waals surface area contributed by atoms with Gasteiger partial charge in [-0.15, -0.1) is 11.3 Å². The van der Waals surface area contributed by atoms with Crippen LogP contribution in [0.2, 0.25) is 5.02 Å². The number of methoxy groups -OCH3 is 1. The fourth-order valence-electron chi connectivity index (χ4n) is 3.45. The molecule has 150 valence electrons. The van der Waals surface area contributed by atoms with Gasteiger partial charge in [-0.3, -0.25) is 4.31 Å². The van der Waals surface area contributed by atoms with Crippen LogP contribution in [0, 0.1) is 0 Å². The van der Waals surface area contributed by atoms with Gasteiger partial charge >= 0.3 is 5.97 Å². The molecular weight excluding hydrogens is 430 g/mol. The molecule has 0 amide bonds. The third-order valence-electron chi connectivity index (χ3n) is 4.89. The summed E-state index contributed by atoms with van der Waals surface area (Å²) in [5.74, 6) is -0.439. The standard InChI is InChI=1S/C21H18ClNO4S2/c1-27-21(24)20-11-15(13-28-20)17-12-16(8-9-18(17)22)29(25,26)23-10-4-6-14-5-2-3-7-19(14)23/h2-3,5,7-9,11-13H,4,6,10H2,1H3. The zero-order chi connectivity index (χ0) is 20.6. The first-order chi connectivity index (χ1) is 13.9. The van der Waals surface area contributed by atoms with E-state index < -0.39 is 16.0 Å². The topological polar surface area (TPSA) is 63.7 Å². The Morgan fingerprint density at radius 1 is 1.17 bits per heavy atom. The van der Waals surface area contributed by atoms with Crippen molar-refractivity contribution >= 4 is 44.6 Å². The lowest BCUT2D eigenvalue weighted by Gasteiger charge is -2.30. The molecule has 0 saturated heterocycles. The molecule has 5 nitrogen and oxygen atoms in total. The molecule has 1 aliphatic heterocycles. The fourth-order valence-corrected chi connectivity index (χ4v) is 6.07. The summed E-state index contributed by atoms with van der Waals surface area (Å²) < 4.78 is 33.0. The van der Waals surface area contributed by atoms with E-state index in [0.29, 0.717) is 27.6 Å². The molecule has 0 aliphatic carbocycles. The highest BCUT2D eigenvalue weighted by Gasteiger charge is 2.29. The second-order valence-corrected chi connectivity index (χ2v) is 9.82. The second kappa shape index (κ2) is 7.82. The monoisotopic (exact) mass is 447 g/mol. The number of rotatable bonds is 4. The minimum absolute atomic E-state index is 0.166. The van der Waals surface area contributed by atoms with Crippen LogP contribution in [0.15, 0.2) is 58.8 Å². The van der Waals surface area contributed by atoms with Gasteiger partial charge in [-0.2, -0.15) is 0 Å². The number of benzene rings is 2. The van der Waals surface area contributed by atoms with Gasteiger partial charge in [-0.1, -0.05) is 29.8 Å². The predicted octanol–water partition coefficient (Wildman–Crippen LogP) is 5.00. The van der Waals surface area contributed by atoms with Gasteiger partial charge in [0.1, 0.15) is 4.88 Å². The summed E-state index contributed by atoms with van der Waals surface area (Å²) in [5.41, 5.74) is 2.98. The van der Waals surface area contributed by atoms with Crippen LogP contribution < -0.4 is 4.31 Å². The maximum atomic E-state index is 13.4. The Kier molecular flexibility index (Phi) is 5.38. The van der Waals surface area contributed by atoms with Crippen molar-refractivity contribution in [1.82, 2.24) is 0 Å². The minimum atomic E-state index is -3.75. The number of sulfonamides is 1. The third kappa shape index (κ3) is 3.66. The SMILES string of the molecule is COC(=O)c1cc(-c2cc(S(=O)(=O)N3CCCc4ccccc43)ccc2Cl)cs1. The first-order valence-corrected chi connectivity index (χ1v) is 11.7. The van der Waals surface area contributed by atoms with Crippen molar-refractivity contribution in [3.63, 3.8) is 0 Å². The lowest BCUT2D eigenvalue weighted by Crippen LogP contribution is -2.35. The molecule has 8 heteroatoms. The molecule has 29 heavy (non-hydrogen) atoms. The first kappa shape index (κ1) is 19.9. The largest absolute Gasteiger partial charge is 0.465 e. The molecule has 2 aromatic carbocycles. The number of ether oxygens (including phenoxy) is 1. The maximum Gasteiger partial charge on any atom is 0.348 e. The number of aryl methyl sites for hydroxylation is 1. The second-order valence-electron chi connectivity index (χ2n) is 6.64. The van der Waals surface area contributed by atoms with Crippen LogP contribution in [0.1, 0.15) is 21.7 Å². The summed E-state index contributed by atoms with van der Waals surface area (Å²) >= 11 is 7.58. The van der Waals surface area contributed by atoms with Crippen LogP contribution >= 0.6 is 22.9 Å². The summed E-state index contributed by atoms with van der Waals surface area (Å²) in [4.78, 5) is 12.3. The normalized spacial score (nSPS) is 13.8. The molecule has 0 unspecified atom stereocenters. The summed E-state index contributed by atoms with van der Waals surface area (Å²) in [6.45, 7) is 0.433. The van der Waals surface area contributed by atoms with Gasteiger partial charge in [0.25, 0.3) is 10.0 Å². The Hall–Kier alpha value is -2.35. The number of nitrogens with zero attached hydrogens (tertiary/aromatic N) is 1. The number of carbonyl (C=O) groups is 1. The Morgan fingerprint density at radius 3 is 2.76 bits per heavy atom. The van der Waals surface area contributed by atoms with Crippen molar-refractivity contribution in [2.45, 2.75) is 17.7 Å². The van der Waals surface area contributed by atoms with E-state index in [2.05, 4.69) is 0 Å². The van der Waals surface area contributed by atoms with Gasteiger partial charge in [-0.25, -0.2) is 13.2 Å². The zero-order valence-corrected chi connectivity index (χ0v) is 18.0. The van der Waals surface area contributed by atoms with Crippen LogP contribution in [0.3, 0.4) is 0 Å². The molecular formula is C21H18ClNO4S2. The van der Waals surface area contributed by atoms with E-state index in [0.717, 1.165) is 24.1 Å². The highest BCUT2D eigenvalue weighted by molar-refractivity contribution is 7.92. The van der Waals surface area contributed by atoms with Gasteiger partial charge in [0.2, 0.25) is 0 Å². The molecule has 0 fully saturated rings. The number of anilines is 1. The van der Waals surface area contributed by atoms with Crippen molar-refractivity contribution < 1.29 is 17.9 Å². The molecule has 4 rings (SSSR count). The fraction of sp³-hybridized carbons (Fsp3) is 0.190. The number of halogens is 1. The lowest BCUT2D eigenvalue weighted by molar-refractivity contribution is 0.0606. The van der Waals surface area contributed by atoms with Gasteiger partial charge in [-0.05, 0) is 59.7 Å². The van der Waals surface area contributed by atoms with E-state index in [-0.39, 0.29) is 4.90 Å². The maximum absolute atomic E-state index is 13.4. The molecule has 1 aromatic heterocycles. The highest BCUT2D eigenvalue weighted by Crippen LogP contribution is 2.36. The van der Waals surface area contributed by atoms with Crippen molar-refractivity contribution in [3.8, 4) is 11.1 Å². The van der Waals surface area contributed by atoms with Gasteiger partial charge in [0.15, 0.2) is 0 Å². The quantitative estimate of drug-likeness (QED) is 0.528. The number of esters is 1. The molecule has 0 N–H and O–H groups in total. The number of para-hydroxylation sites is 1. The van der Waals surface area contributed by atoms with Crippen molar-refractivity contribution in [2.24, 2.45) is 0 Å². The molecule has 0 bridgehead atoms. The average Bonchev–Trinajstić information content (AvgIpc) is 3.23. The van der Waals surface area contributed by atoms with E-state index in [4.69, 9.17) is 16.3 Å². The van der Waals surface area contributed by atoms with Crippen molar-refractivity contribution in [1.29, 1.82) is 0 Å². The Balaban J connectivity index is 1.76. The molecule has 0 saturated carbocycles. The van der Waals surface area contributed by atoms with E-state index >= 15 is 0 Å². The molecule has 1 aliphatic rings. The zero-order valence-electron chi connectivity index (χ0n) is 15.6. The van der Waals surface area contributed by atoms with Crippen LogP contribution in [-0.4, -0.2) is 28.0 Å². The highest BCUT2D eigenvalue weighted by atomic mass is 35.5. The molecule has 2 heterocycles. The number of carbonyl (C=O) groups excluding carboxylic acids is 1. The van der Waals surface area contributed by atoms with Crippen LogP contribution in [0.5, 0.6) is 0 Å². The summed E-state index contributed by atoms with van der Waals surface area (Å²) in [6, 6.07) is 13.9. The van der Waals surface area contributed by atoms with Gasteiger partial charge in [0, 0.05) is 17.1 Å². The Morgan fingerprint density at radius 2 is 1.97 bits per heavy atom. The van der Waals surface area contributed by atoms with E-state index in [1.54, 1.807) is 23.6 Å². The van der Waals surface area contributed by atoms with Crippen LogP contribution in [-0.2, 0) is 21.2 Å². The molecule has 0 atom stereocenters. The van der Waals surface area contributed by atoms with E-state index in [1.807, 2.05) is 24.3 Å².